The Morgan fingerprint density at radius 1 is 1.30 bits per heavy atom. The second-order valence-corrected chi connectivity index (χ2v) is 3.28. The number of nitrogens with zero attached hydrogens (tertiary/aromatic N) is 1. The molecule has 0 rings (SSSR count). The quantitative estimate of drug-likeness (QED) is 0.470. The van der Waals surface area contributed by atoms with Crippen LogP contribution in [0.2, 0.25) is 0 Å². The normalized spacial score (nSPS) is 11.8. The molecule has 0 radical (unpaired) electrons. The van der Waals surface area contributed by atoms with Gasteiger partial charge in [0.1, 0.15) is 0 Å². The van der Waals surface area contributed by atoms with Crippen LogP contribution in [0.4, 0.5) is 0 Å². The lowest BCUT2D eigenvalue weighted by atomic mass is 10.2. The minimum atomic E-state index is 0.541. The van der Waals surface area contributed by atoms with E-state index in [-0.39, 0.29) is 0 Å². The first-order valence-corrected chi connectivity index (χ1v) is 3.89. The van der Waals surface area contributed by atoms with Gasteiger partial charge in [0.25, 0.3) is 0 Å². The van der Waals surface area contributed by atoms with Crippen molar-refractivity contribution in [2.24, 2.45) is 16.9 Å². The van der Waals surface area contributed by atoms with Gasteiger partial charge in [-0.3, -0.25) is 0 Å². The molecule has 0 aliphatic rings. The first-order valence-electron chi connectivity index (χ1n) is 3.89. The maximum atomic E-state index is 4.04. The minimum Gasteiger partial charge on any atom is -0.310 e. The smallest absolute Gasteiger partial charge is 0.0352 e. The molecule has 0 aliphatic carbocycles. The molecule has 0 amide bonds. The van der Waals surface area contributed by atoms with E-state index in [1.54, 1.807) is 0 Å². The molecular formula is C8H18N2. The Kier molecular flexibility index (Phi) is 4.99. The molecular weight excluding hydrogens is 124 g/mol. The van der Waals surface area contributed by atoms with Crippen LogP contribution in [-0.4, -0.2) is 12.8 Å². The number of hydrogen-bond acceptors (Lipinski definition) is 2. The zero-order valence-electron chi connectivity index (χ0n) is 7.39. The zero-order valence-corrected chi connectivity index (χ0v) is 7.39. The Hall–Kier alpha value is -0.530. The average molecular weight is 142 g/mol. The maximum absolute atomic E-state index is 4.04. The molecule has 0 unspecified atom stereocenters. The summed E-state index contributed by atoms with van der Waals surface area (Å²) >= 11 is 0. The van der Waals surface area contributed by atoms with Gasteiger partial charge in [-0.1, -0.05) is 27.7 Å². The van der Waals surface area contributed by atoms with Gasteiger partial charge in [0.05, 0.1) is 0 Å². The topological polar surface area (TPSA) is 24.4 Å². The average Bonchev–Trinajstić information content (AvgIpc) is 1.79. The predicted molar refractivity (Wildman–Crippen MR) is 46.2 cm³/mol. The summed E-state index contributed by atoms with van der Waals surface area (Å²) in [7, 11) is 0. The largest absolute Gasteiger partial charge is 0.310 e. The Balaban J connectivity index is 3.19. The molecule has 10 heavy (non-hydrogen) atoms. The monoisotopic (exact) mass is 142 g/mol. The van der Waals surface area contributed by atoms with Crippen molar-refractivity contribution in [2.45, 2.75) is 27.7 Å². The molecule has 0 aromatic heterocycles. The van der Waals surface area contributed by atoms with Crippen molar-refractivity contribution in [1.29, 1.82) is 0 Å². The second kappa shape index (κ2) is 5.27. The van der Waals surface area contributed by atoms with Crippen LogP contribution in [0, 0.1) is 11.8 Å². The highest BCUT2D eigenvalue weighted by atomic mass is 15.3. The van der Waals surface area contributed by atoms with Gasteiger partial charge in [-0.15, -0.1) is 0 Å². The summed E-state index contributed by atoms with van der Waals surface area (Å²) in [5.41, 5.74) is 2.99. The summed E-state index contributed by atoms with van der Waals surface area (Å²) in [5.74, 6) is 1.21. The van der Waals surface area contributed by atoms with Crippen molar-refractivity contribution in [3.63, 3.8) is 0 Å². The van der Waals surface area contributed by atoms with Gasteiger partial charge >= 0.3 is 0 Å². The number of hydrazone groups is 1. The summed E-state index contributed by atoms with van der Waals surface area (Å²) < 4.78 is 0. The minimum absolute atomic E-state index is 0.541. The predicted octanol–water partition coefficient (Wildman–Crippen LogP) is 1.87. The van der Waals surface area contributed by atoms with E-state index in [4.69, 9.17) is 0 Å². The SMILES string of the molecule is CC(C)C=NNCC(C)C. The van der Waals surface area contributed by atoms with Gasteiger partial charge in [-0.25, -0.2) is 0 Å². The fourth-order valence-electron chi connectivity index (χ4n) is 0.437. The van der Waals surface area contributed by atoms with Crippen LogP contribution in [-0.2, 0) is 0 Å². The van der Waals surface area contributed by atoms with E-state index in [9.17, 15) is 0 Å². The molecule has 0 bridgehead atoms. The summed E-state index contributed by atoms with van der Waals surface area (Å²) in [6.45, 7) is 9.51. The van der Waals surface area contributed by atoms with E-state index in [2.05, 4.69) is 38.2 Å². The summed E-state index contributed by atoms with van der Waals surface area (Å²) in [6.07, 6.45) is 1.92. The number of rotatable bonds is 4. The second-order valence-electron chi connectivity index (χ2n) is 3.28. The third-order valence-electron chi connectivity index (χ3n) is 0.964. The van der Waals surface area contributed by atoms with E-state index in [1.165, 1.54) is 0 Å². The lowest BCUT2D eigenvalue weighted by Crippen LogP contribution is -2.13. The molecule has 0 saturated carbocycles. The van der Waals surface area contributed by atoms with Crippen LogP contribution >= 0.6 is 0 Å². The van der Waals surface area contributed by atoms with Crippen molar-refractivity contribution in [1.82, 2.24) is 5.43 Å². The highest BCUT2D eigenvalue weighted by molar-refractivity contribution is 5.58. The molecule has 0 atom stereocenters. The number of nitrogens with one attached hydrogen (secondary N) is 1. The van der Waals surface area contributed by atoms with Gasteiger partial charge in [0.2, 0.25) is 0 Å². The van der Waals surface area contributed by atoms with E-state index in [0.29, 0.717) is 11.8 Å². The Morgan fingerprint density at radius 2 is 1.90 bits per heavy atom. The molecule has 0 fully saturated rings. The van der Waals surface area contributed by atoms with E-state index in [1.807, 2.05) is 6.21 Å². The van der Waals surface area contributed by atoms with Crippen molar-refractivity contribution >= 4 is 6.21 Å². The van der Waals surface area contributed by atoms with Gasteiger partial charge in [-0.2, -0.15) is 5.10 Å². The molecule has 0 aromatic carbocycles. The Labute approximate surface area is 63.7 Å². The van der Waals surface area contributed by atoms with Gasteiger partial charge in [0.15, 0.2) is 0 Å². The maximum Gasteiger partial charge on any atom is 0.0352 e. The van der Waals surface area contributed by atoms with Crippen molar-refractivity contribution < 1.29 is 0 Å². The fourth-order valence-corrected chi connectivity index (χ4v) is 0.437. The molecule has 0 heterocycles. The molecule has 1 N–H and O–H groups in total. The van der Waals surface area contributed by atoms with Crippen LogP contribution in [0.3, 0.4) is 0 Å². The molecule has 2 nitrogen and oxygen atoms in total. The van der Waals surface area contributed by atoms with Crippen LogP contribution in [0.25, 0.3) is 0 Å². The Morgan fingerprint density at radius 3 is 2.30 bits per heavy atom. The van der Waals surface area contributed by atoms with Crippen LogP contribution in [0.1, 0.15) is 27.7 Å². The lowest BCUT2D eigenvalue weighted by Gasteiger charge is -2.02. The number of hydrogen-bond donors (Lipinski definition) is 1. The third kappa shape index (κ3) is 7.47. The highest BCUT2D eigenvalue weighted by Gasteiger charge is 1.88. The molecule has 60 valence electrons. The lowest BCUT2D eigenvalue weighted by molar-refractivity contribution is 0.569. The van der Waals surface area contributed by atoms with Crippen LogP contribution < -0.4 is 5.43 Å². The van der Waals surface area contributed by atoms with Crippen molar-refractivity contribution in [3.8, 4) is 0 Å². The first-order chi connectivity index (χ1) is 4.63. The van der Waals surface area contributed by atoms with Crippen LogP contribution in [0.15, 0.2) is 5.10 Å². The van der Waals surface area contributed by atoms with Gasteiger partial charge in [-0.05, 0) is 11.8 Å². The first kappa shape index (κ1) is 9.47. The van der Waals surface area contributed by atoms with E-state index in [0.717, 1.165) is 6.54 Å². The fraction of sp³-hybridized carbons (Fsp3) is 0.875. The highest BCUT2D eigenvalue weighted by Crippen LogP contribution is 1.87. The van der Waals surface area contributed by atoms with Gasteiger partial charge in [0, 0.05) is 12.8 Å². The van der Waals surface area contributed by atoms with E-state index < -0.39 is 0 Å². The third-order valence-corrected chi connectivity index (χ3v) is 0.964. The van der Waals surface area contributed by atoms with E-state index >= 15 is 0 Å². The van der Waals surface area contributed by atoms with Crippen molar-refractivity contribution in [3.05, 3.63) is 0 Å². The molecule has 0 spiro atoms. The molecule has 2 heteroatoms. The summed E-state index contributed by atoms with van der Waals surface area (Å²) in [5, 5.41) is 4.04. The summed E-state index contributed by atoms with van der Waals surface area (Å²) in [6, 6.07) is 0. The van der Waals surface area contributed by atoms with Gasteiger partial charge < -0.3 is 5.43 Å². The molecule has 0 saturated heterocycles. The van der Waals surface area contributed by atoms with Crippen LogP contribution in [0.5, 0.6) is 0 Å². The zero-order chi connectivity index (χ0) is 7.98. The standard InChI is InChI=1S/C8H18N2/c1-7(2)5-9-10-6-8(3)4/h5,7-8,10H,6H2,1-4H3. The molecule has 0 aliphatic heterocycles. The molecule has 0 aromatic rings. The summed E-state index contributed by atoms with van der Waals surface area (Å²) in [4.78, 5) is 0. The Bertz CT molecular complexity index is 95.4. The van der Waals surface area contributed by atoms with Crippen molar-refractivity contribution in [2.75, 3.05) is 6.54 Å².